The zero-order valence-corrected chi connectivity index (χ0v) is 12.6. The fourth-order valence-electron chi connectivity index (χ4n) is 1.55. The normalized spacial score (nSPS) is 12.3. The van der Waals surface area contributed by atoms with Gasteiger partial charge in [0.2, 0.25) is 0 Å². The van der Waals surface area contributed by atoms with Gasteiger partial charge in [0.15, 0.2) is 5.82 Å². The first-order valence-electron chi connectivity index (χ1n) is 6.21. The third-order valence-electron chi connectivity index (χ3n) is 2.69. The van der Waals surface area contributed by atoms with Crippen molar-refractivity contribution < 1.29 is 14.4 Å². The lowest BCUT2D eigenvalue weighted by Crippen LogP contribution is -2.30. The van der Waals surface area contributed by atoms with Crippen LogP contribution in [0.1, 0.15) is 12.2 Å². The van der Waals surface area contributed by atoms with Crippen molar-refractivity contribution in [3.05, 3.63) is 35.1 Å². The Kier molecular flexibility index (Phi) is 5.60. The Balaban J connectivity index is 1.87. The SMILES string of the molecule is NC(CCSCc1noc(-c2ccccc2Cl)n1)C(=O)O. The number of nitrogens with zero attached hydrogens (tertiary/aromatic N) is 2. The minimum absolute atomic E-state index is 0.374. The van der Waals surface area contributed by atoms with E-state index in [4.69, 9.17) is 27.0 Å². The molecule has 1 unspecified atom stereocenters. The summed E-state index contributed by atoms with van der Waals surface area (Å²) in [6.45, 7) is 0. The van der Waals surface area contributed by atoms with Gasteiger partial charge in [0.05, 0.1) is 16.3 Å². The molecule has 2 aromatic rings. The molecule has 8 heteroatoms. The Bertz CT molecular complexity index is 620. The van der Waals surface area contributed by atoms with Crippen molar-refractivity contribution in [3.63, 3.8) is 0 Å². The van der Waals surface area contributed by atoms with Crippen LogP contribution in [0.25, 0.3) is 11.5 Å². The van der Waals surface area contributed by atoms with Gasteiger partial charge in [-0.2, -0.15) is 16.7 Å². The summed E-state index contributed by atoms with van der Waals surface area (Å²) in [6, 6.07) is 6.39. The van der Waals surface area contributed by atoms with Gasteiger partial charge in [-0.05, 0) is 24.3 Å². The van der Waals surface area contributed by atoms with Crippen molar-refractivity contribution in [2.24, 2.45) is 5.73 Å². The third-order valence-corrected chi connectivity index (χ3v) is 4.01. The van der Waals surface area contributed by atoms with E-state index in [9.17, 15) is 4.79 Å². The van der Waals surface area contributed by atoms with Gasteiger partial charge < -0.3 is 15.4 Å². The number of hydrogen-bond donors (Lipinski definition) is 2. The molecular weight excluding hydrogens is 314 g/mol. The van der Waals surface area contributed by atoms with E-state index in [0.29, 0.717) is 40.2 Å². The van der Waals surface area contributed by atoms with Gasteiger partial charge in [-0.25, -0.2) is 0 Å². The number of benzene rings is 1. The van der Waals surface area contributed by atoms with Crippen molar-refractivity contribution in [2.75, 3.05) is 5.75 Å². The Labute approximate surface area is 130 Å². The molecule has 21 heavy (non-hydrogen) atoms. The molecule has 0 amide bonds. The van der Waals surface area contributed by atoms with Crippen LogP contribution in [0.15, 0.2) is 28.8 Å². The largest absolute Gasteiger partial charge is 0.480 e. The van der Waals surface area contributed by atoms with Gasteiger partial charge in [0, 0.05) is 0 Å². The van der Waals surface area contributed by atoms with Crippen molar-refractivity contribution in [1.29, 1.82) is 0 Å². The average Bonchev–Trinajstić information content (AvgIpc) is 2.92. The van der Waals surface area contributed by atoms with E-state index in [1.54, 1.807) is 12.1 Å². The van der Waals surface area contributed by atoms with Crippen LogP contribution >= 0.6 is 23.4 Å². The Morgan fingerprint density at radius 2 is 2.24 bits per heavy atom. The number of hydrogen-bond acceptors (Lipinski definition) is 6. The van der Waals surface area contributed by atoms with Crippen molar-refractivity contribution in [2.45, 2.75) is 18.2 Å². The molecule has 0 aliphatic rings. The molecular formula is C13H14ClN3O3S. The lowest BCUT2D eigenvalue weighted by molar-refractivity contribution is -0.138. The molecule has 6 nitrogen and oxygen atoms in total. The molecule has 1 atom stereocenters. The summed E-state index contributed by atoms with van der Waals surface area (Å²) in [5.41, 5.74) is 6.11. The van der Waals surface area contributed by atoms with Crippen LogP contribution in [0.2, 0.25) is 5.02 Å². The molecule has 0 spiro atoms. The number of aliphatic carboxylic acids is 1. The summed E-state index contributed by atoms with van der Waals surface area (Å²) in [7, 11) is 0. The maximum absolute atomic E-state index is 10.6. The van der Waals surface area contributed by atoms with Crippen LogP contribution in [0.3, 0.4) is 0 Å². The molecule has 112 valence electrons. The number of rotatable bonds is 7. The second kappa shape index (κ2) is 7.44. The lowest BCUT2D eigenvalue weighted by Gasteiger charge is -2.04. The molecule has 0 aliphatic heterocycles. The fraction of sp³-hybridized carbons (Fsp3) is 0.308. The Morgan fingerprint density at radius 3 is 2.95 bits per heavy atom. The van der Waals surface area contributed by atoms with Gasteiger partial charge in [0.25, 0.3) is 5.89 Å². The molecule has 0 saturated carbocycles. The molecule has 0 fully saturated rings. The smallest absolute Gasteiger partial charge is 0.320 e. The van der Waals surface area contributed by atoms with Crippen LogP contribution in [0.5, 0.6) is 0 Å². The van der Waals surface area contributed by atoms with Crippen LogP contribution < -0.4 is 5.73 Å². The minimum Gasteiger partial charge on any atom is -0.480 e. The first kappa shape index (κ1) is 15.8. The van der Waals surface area contributed by atoms with E-state index in [-0.39, 0.29) is 0 Å². The number of nitrogens with two attached hydrogens (primary N) is 1. The van der Waals surface area contributed by atoms with E-state index in [2.05, 4.69) is 10.1 Å². The highest BCUT2D eigenvalue weighted by Crippen LogP contribution is 2.26. The van der Waals surface area contributed by atoms with Gasteiger partial charge in [-0.1, -0.05) is 28.9 Å². The summed E-state index contributed by atoms with van der Waals surface area (Å²) < 4.78 is 5.17. The Morgan fingerprint density at radius 1 is 1.48 bits per heavy atom. The number of halogens is 1. The van der Waals surface area contributed by atoms with Gasteiger partial charge in [-0.15, -0.1) is 0 Å². The topological polar surface area (TPSA) is 102 Å². The highest BCUT2D eigenvalue weighted by Gasteiger charge is 2.13. The van der Waals surface area contributed by atoms with Gasteiger partial charge >= 0.3 is 5.97 Å². The van der Waals surface area contributed by atoms with Gasteiger partial charge in [0.1, 0.15) is 6.04 Å². The van der Waals surface area contributed by atoms with Gasteiger partial charge in [-0.3, -0.25) is 4.79 Å². The number of carboxylic acid groups (broad SMARTS) is 1. The van der Waals surface area contributed by atoms with Crippen molar-refractivity contribution in [3.8, 4) is 11.5 Å². The second-order valence-corrected chi connectivity index (χ2v) is 5.79. The predicted octanol–water partition coefficient (Wildman–Crippen LogP) is 2.43. The molecule has 1 heterocycles. The van der Waals surface area contributed by atoms with Crippen LogP contribution in [0.4, 0.5) is 0 Å². The standard InChI is InChI=1S/C13H14ClN3O3S/c14-9-4-2-1-3-8(9)12-16-11(17-20-12)7-21-6-5-10(15)13(18)19/h1-4,10H,5-7,15H2,(H,18,19). The lowest BCUT2D eigenvalue weighted by atomic mass is 10.2. The van der Waals surface area contributed by atoms with E-state index in [0.717, 1.165) is 0 Å². The summed E-state index contributed by atoms with van der Waals surface area (Å²) in [5.74, 6) is 1.07. The van der Waals surface area contributed by atoms with Crippen LogP contribution in [0, 0.1) is 0 Å². The number of aromatic nitrogens is 2. The molecule has 2 rings (SSSR count). The maximum atomic E-state index is 10.6. The molecule has 1 aromatic heterocycles. The first-order chi connectivity index (χ1) is 10.1. The molecule has 0 radical (unpaired) electrons. The zero-order chi connectivity index (χ0) is 15.2. The van der Waals surface area contributed by atoms with Crippen LogP contribution in [-0.2, 0) is 10.5 Å². The molecule has 0 saturated heterocycles. The highest BCUT2D eigenvalue weighted by molar-refractivity contribution is 7.98. The minimum atomic E-state index is -0.990. The van der Waals surface area contributed by atoms with Crippen molar-refractivity contribution >= 4 is 29.3 Å². The Hall–Kier alpha value is -1.57. The number of carbonyl (C=O) groups is 1. The van der Waals surface area contributed by atoms with E-state index < -0.39 is 12.0 Å². The zero-order valence-electron chi connectivity index (χ0n) is 11.0. The maximum Gasteiger partial charge on any atom is 0.320 e. The summed E-state index contributed by atoms with van der Waals surface area (Å²) in [5, 5.41) is 13.1. The number of thioether (sulfide) groups is 1. The summed E-state index contributed by atoms with van der Waals surface area (Å²) in [4.78, 5) is 14.8. The first-order valence-corrected chi connectivity index (χ1v) is 7.75. The fourth-order valence-corrected chi connectivity index (χ4v) is 2.64. The molecule has 1 aromatic carbocycles. The third kappa shape index (κ3) is 4.45. The van der Waals surface area contributed by atoms with Crippen molar-refractivity contribution in [1.82, 2.24) is 10.1 Å². The predicted molar refractivity (Wildman–Crippen MR) is 81.1 cm³/mol. The van der Waals surface area contributed by atoms with E-state index in [1.165, 1.54) is 11.8 Å². The molecule has 3 N–H and O–H groups in total. The second-order valence-electron chi connectivity index (χ2n) is 4.28. The van der Waals surface area contributed by atoms with Crippen LogP contribution in [-0.4, -0.2) is 33.0 Å². The summed E-state index contributed by atoms with van der Waals surface area (Å²) >= 11 is 7.56. The van der Waals surface area contributed by atoms with E-state index >= 15 is 0 Å². The highest BCUT2D eigenvalue weighted by atomic mass is 35.5. The average molecular weight is 328 g/mol. The monoisotopic (exact) mass is 327 g/mol. The summed E-state index contributed by atoms with van der Waals surface area (Å²) in [6.07, 6.45) is 0.398. The molecule has 0 bridgehead atoms. The number of carboxylic acids is 1. The van der Waals surface area contributed by atoms with E-state index in [1.807, 2.05) is 12.1 Å². The molecule has 0 aliphatic carbocycles. The quantitative estimate of drug-likeness (QED) is 0.753.